The molecule has 4 fully saturated rings. The maximum absolute atomic E-state index is 14.2. The summed E-state index contributed by atoms with van der Waals surface area (Å²) in [5.41, 5.74) is 7.05. The van der Waals surface area contributed by atoms with E-state index in [-0.39, 0.29) is 86.6 Å². The highest BCUT2D eigenvalue weighted by Gasteiger charge is 2.63. The summed E-state index contributed by atoms with van der Waals surface area (Å²) in [6.07, 6.45) is 16.7. The van der Waals surface area contributed by atoms with Crippen LogP contribution < -0.4 is 24.7 Å². The maximum atomic E-state index is 14.2. The first kappa shape index (κ1) is 64.9. The molecule has 2 aromatic carbocycles. The summed E-state index contributed by atoms with van der Waals surface area (Å²) in [5, 5.41) is 0. The number of rotatable bonds is 14. The largest absolute Gasteiger partial charge is 0.459 e. The number of benzene rings is 2. The molecule has 26 heteroatoms. The van der Waals surface area contributed by atoms with Gasteiger partial charge < -0.3 is 34.7 Å². The predicted octanol–water partition coefficient (Wildman–Crippen LogP) is 5.46. The summed E-state index contributed by atoms with van der Waals surface area (Å²) in [6.45, 7) is 5.12. The highest BCUT2D eigenvalue weighted by Crippen LogP contribution is 2.58. The summed E-state index contributed by atoms with van der Waals surface area (Å²) < 4.78 is 76.5. The first-order valence-electron chi connectivity index (χ1n) is 30.5. The van der Waals surface area contributed by atoms with Crippen molar-refractivity contribution in [3.63, 3.8) is 0 Å². The molecule has 2 saturated heterocycles. The molecule has 6 heterocycles. The number of H-pyrrole nitrogens is 1. The van der Waals surface area contributed by atoms with Crippen molar-refractivity contribution in [2.45, 2.75) is 160 Å². The van der Waals surface area contributed by atoms with Crippen LogP contribution in [0.4, 0.5) is 0 Å². The number of imidazole rings is 2. The molecular weight excluding hydrogens is 1160 g/mol. The molecule has 0 bridgehead atoms. The van der Waals surface area contributed by atoms with Crippen molar-refractivity contribution in [3.05, 3.63) is 72.8 Å². The molecule has 2 aromatic heterocycles. The summed E-state index contributed by atoms with van der Waals surface area (Å²) >= 11 is 0. The van der Waals surface area contributed by atoms with E-state index in [9.17, 15) is 45.6 Å². The lowest BCUT2D eigenvalue weighted by Gasteiger charge is -2.27. The zero-order valence-corrected chi connectivity index (χ0v) is 52.4. The number of carbonyl (C=O) groups is 6. The molecule has 2 aliphatic carbocycles. The van der Waals surface area contributed by atoms with Crippen molar-refractivity contribution in [1.82, 2.24) is 47.4 Å². The number of amides is 4. The Balaban J connectivity index is 0.000000209. The van der Waals surface area contributed by atoms with Gasteiger partial charge in [-0.3, -0.25) is 33.3 Å². The second-order valence-corrected chi connectivity index (χ2v) is 28.4. The number of nitrogens with one attached hydrogen (secondary N) is 3. The number of nitrogens with two attached hydrogens (primary N) is 1. The van der Waals surface area contributed by atoms with Crippen molar-refractivity contribution in [2.24, 2.45) is 34.3 Å². The van der Waals surface area contributed by atoms with Crippen LogP contribution in [-0.4, -0.2) is 168 Å². The quantitative estimate of drug-likeness (QED) is 0.0900. The number of nitrogens with zero attached hydrogens (tertiary/aromatic N) is 7. The van der Waals surface area contributed by atoms with E-state index in [1.54, 1.807) is 4.90 Å². The molecule has 4 aliphatic heterocycles. The molecule has 4 aromatic rings. The molecular formula is C61H85N11O13S2. The van der Waals surface area contributed by atoms with Gasteiger partial charge in [0.1, 0.15) is 18.9 Å². The van der Waals surface area contributed by atoms with Crippen LogP contribution in [0.25, 0.3) is 22.1 Å². The van der Waals surface area contributed by atoms with Gasteiger partial charge in [-0.1, -0.05) is 88.1 Å². The highest BCUT2D eigenvalue weighted by molar-refractivity contribution is 7.88. The van der Waals surface area contributed by atoms with Crippen molar-refractivity contribution < 1.29 is 59.8 Å². The average Bonchev–Trinajstić information content (AvgIpc) is 1.61. The molecule has 10 atom stereocenters. The third-order valence-electron chi connectivity index (χ3n) is 17.9. The lowest BCUT2D eigenvalue weighted by molar-refractivity contribution is -0.141. The van der Waals surface area contributed by atoms with Gasteiger partial charge in [-0.05, 0) is 93.9 Å². The van der Waals surface area contributed by atoms with Gasteiger partial charge in [0.2, 0.25) is 23.6 Å². The van der Waals surface area contributed by atoms with Gasteiger partial charge in [0.25, 0.3) is 12.0 Å². The van der Waals surface area contributed by atoms with Gasteiger partial charge in [-0.2, -0.15) is 35.4 Å². The number of aromatic amines is 1. The van der Waals surface area contributed by atoms with E-state index in [4.69, 9.17) is 24.9 Å². The summed E-state index contributed by atoms with van der Waals surface area (Å²) in [6, 6.07) is 13.4. The Hall–Kier alpha value is -6.58. The van der Waals surface area contributed by atoms with Crippen molar-refractivity contribution in [1.29, 1.82) is 0 Å². The number of aromatic nitrogens is 4. The topological polar surface area (TPSA) is 308 Å². The molecule has 0 spiro atoms. The molecule has 0 unspecified atom stereocenters. The Morgan fingerprint density at radius 1 is 0.701 bits per heavy atom. The van der Waals surface area contributed by atoms with Gasteiger partial charge in [0, 0.05) is 66.4 Å². The van der Waals surface area contributed by atoms with E-state index < -0.39 is 73.4 Å². The number of ketones is 2. The Bertz CT molecular complexity index is 3440. The van der Waals surface area contributed by atoms with Crippen LogP contribution in [-0.2, 0) is 60.7 Å². The number of Topliss-reactive ketones (excluding diaryl/α,β-unsaturated/α-hetero) is 2. The fourth-order valence-electron chi connectivity index (χ4n) is 12.4. The van der Waals surface area contributed by atoms with Gasteiger partial charge in [0.15, 0.2) is 11.6 Å². The standard InChI is InChI=1S/C33H47N5O7S.C28H38N6O6S/c1-5-17-44-22-38-27-16-12-11-15-26(27)34-32(38)45-25-18-28-29(39)20-33(31(41)35-46(42,43)36(3)4)19-24(33)14-10-8-6-7-9-13-23(2)30(40)37(28)21-25;1-33(2)41(38,39)32-26(37)28-15-18(28)10-6-4-3-5-7-11-20(29)25(36)34-17-19(14-23(34)24(35)16-28)40-27-30-21-12-8-9-13-22(21)31-27/h10-12,14-16,23-25,28H,5-9,13,17-22H2,1-4H3,(H,35,41);6,8-10,12-13,18-20,23H,3-5,7,11,14-17,29H2,1-2H3,(H,30,31)(H,32,37)/b14-10-;10-6-/t23-,24+,25+,28-,33+;18-,19-,20+,23+,28-/m01/s1. The molecule has 10 rings (SSSR count). The van der Waals surface area contributed by atoms with E-state index in [0.717, 1.165) is 88.5 Å². The number of allylic oxidation sites excluding steroid dienone is 4. The molecule has 5 N–H and O–H groups in total. The van der Waals surface area contributed by atoms with E-state index >= 15 is 0 Å². The van der Waals surface area contributed by atoms with Crippen LogP contribution in [0, 0.1) is 28.6 Å². The average molecular weight is 1240 g/mol. The van der Waals surface area contributed by atoms with E-state index in [0.29, 0.717) is 44.3 Å². The van der Waals surface area contributed by atoms with Crippen LogP contribution in [0.2, 0.25) is 0 Å². The molecule has 0 radical (unpaired) electrons. The Kier molecular flexibility index (Phi) is 20.5. The second-order valence-electron chi connectivity index (χ2n) is 24.7. The summed E-state index contributed by atoms with van der Waals surface area (Å²) in [5.74, 6) is -3.24. The number of ether oxygens (including phenoxy) is 3. The minimum atomic E-state index is -4.05. The third kappa shape index (κ3) is 15.0. The van der Waals surface area contributed by atoms with E-state index in [1.165, 1.54) is 33.1 Å². The predicted molar refractivity (Wildman–Crippen MR) is 325 cm³/mol. The summed E-state index contributed by atoms with van der Waals surface area (Å²) in [7, 11) is -2.76. The second kappa shape index (κ2) is 27.4. The van der Waals surface area contributed by atoms with E-state index in [2.05, 4.69) is 19.4 Å². The van der Waals surface area contributed by atoms with Crippen LogP contribution in [0.1, 0.15) is 123 Å². The van der Waals surface area contributed by atoms with Crippen LogP contribution in [0.3, 0.4) is 0 Å². The van der Waals surface area contributed by atoms with E-state index in [1.807, 2.05) is 91.2 Å². The molecule has 474 valence electrons. The smallest absolute Gasteiger partial charge is 0.303 e. The normalized spacial score (nSPS) is 29.3. The van der Waals surface area contributed by atoms with Crippen molar-refractivity contribution in [3.8, 4) is 12.0 Å². The lowest BCUT2D eigenvalue weighted by atomic mass is 9.91. The third-order valence-corrected chi connectivity index (χ3v) is 20.7. The Morgan fingerprint density at radius 3 is 1.79 bits per heavy atom. The number of para-hydroxylation sites is 4. The van der Waals surface area contributed by atoms with Gasteiger partial charge in [-0.15, -0.1) is 0 Å². The number of hydrogen-bond donors (Lipinski definition) is 4. The summed E-state index contributed by atoms with van der Waals surface area (Å²) in [4.78, 5) is 97.7. The SMILES string of the molecule is CCCOCn1c(O[C@@H]2C[C@H]3C(=O)C[C@]4(C(=O)NS(=O)(=O)N(C)C)C[C@H]4/C=C\CCCCC[C@H](C)C(=O)N3C2)nc2ccccc21.CN(C)S(=O)(=O)NC(=O)[C@]12CC(=O)[C@@H]3C[C@@H](Oc4nc5ccccc5[nH]4)CN3C(=O)[C@@H](N)CCCCC/C=C\[C@@H]1C2. The fraction of sp³-hybridized carbons (Fsp3) is 0.607. The van der Waals surface area contributed by atoms with Gasteiger partial charge in [0.05, 0.1) is 64.1 Å². The Morgan fingerprint density at radius 2 is 1.23 bits per heavy atom. The number of hydrogen-bond acceptors (Lipinski definition) is 16. The minimum absolute atomic E-state index is 0.113. The highest BCUT2D eigenvalue weighted by atomic mass is 32.2. The van der Waals surface area contributed by atoms with Gasteiger partial charge >= 0.3 is 20.4 Å². The fourth-order valence-corrected chi connectivity index (χ4v) is 13.7. The monoisotopic (exact) mass is 1240 g/mol. The van der Waals surface area contributed by atoms with Gasteiger partial charge in [-0.25, -0.2) is 9.44 Å². The zero-order valence-electron chi connectivity index (χ0n) is 50.7. The molecule has 24 nitrogen and oxygen atoms in total. The van der Waals surface area contributed by atoms with Crippen molar-refractivity contribution in [2.75, 3.05) is 47.9 Å². The number of carbonyl (C=O) groups excluding carboxylic acids is 6. The zero-order chi connectivity index (χ0) is 62.4. The molecule has 6 aliphatic rings. The lowest BCUT2D eigenvalue weighted by Crippen LogP contribution is -2.50. The minimum Gasteiger partial charge on any atom is -0.459 e. The van der Waals surface area contributed by atoms with Crippen molar-refractivity contribution >= 4 is 77.7 Å². The number of fused-ring (bicyclic) bond motifs is 6. The molecule has 4 amide bonds. The molecule has 87 heavy (non-hydrogen) atoms. The van der Waals surface area contributed by atoms with Crippen LogP contribution in [0.5, 0.6) is 12.0 Å². The van der Waals surface area contributed by atoms with Crippen LogP contribution in [0.15, 0.2) is 72.8 Å². The molecule has 2 saturated carbocycles. The van der Waals surface area contributed by atoms with Crippen LogP contribution >= 0.6 is 0 Å². The first-order valence-corrected chi connectivity index (χ1v) is 33.4. The maximum Gasteiger partial charge on any atom is 0.303 e. The first-order chi connectivity index (χ1) is 41.5. The Labute approximate surface area is 509 Å².